The van der Waals surface area contributed by atoms with Crippen LogP contribution < -0.4 is 5.32 Å². The van der Waals surface area contributed by atoms with Crippen LogP contribution in [0.5, 0.6) is 0 Å². The van der Waals surface area contributed by atoms with E-state index in [1.807, 2.05) is 12.1 Å². The number of hydrogen-bond donors (Lipinski definition) is 1. The second kappa shape index (κ2) is 7.22. The minimum Gasteiger partial charge on any atom is -0.321 e. The van der Waals surface area contributed by atoms with E-state index in [0.29, 0.717) is 11.3 Å². The molecule has 1 N–H and O–H groups in total. The maximum Gasteiger partial charge on any atom is 0.264 e. The van der Waals surface area contributed by atoms with Gasteiger partial charge in [-0.05, 0) is 52.3 Å². The number of benzene rings is 2. The fraction of sp³-hybridized carbons (Fsp3) is 0.133. The van der Waals surface area contributed by atoms with Crippen LogP contribution in [0, 0.1) is 0 Å². The van der Waals surface area contributed by atoms with E-state index in [-0.39, 0.29) is 10.8 Å². The highest BCUT2D eigenvalue weighted by molar-refractivity contribution is 9.10. The van der Waals surface area contributed by atoms with E-state index < -0.39 is 10.0 Å². The van der Waals surface area contributed by atoms with Gasteiger partial charge in [-0.3, -0.25) is 9.63 Å². The Morgan fingerprint density at radius 2 is 1.74 bits per heavy atom. The molecule has 0 aliphatic rings. The molecule has 2 aromatic rings. The van der Waals surface area contributed by atoms with Crippen LogP contribution in [0.1, 0.15) is 10.4 Å². The molecule has 2 rings (SSSR count). The van der Waals surface area contributed by atoms with Gasteiger partial charge in [0, 0.05) is 17.1 Å². The van der Waals surface area contributed by atoms with Crippen molar-refractivity contribution in [3.8, 4) is 0 Å². The second-order valence-corrected chi connectivity index (χ2v) is 7.35. The summed E-state index contributed by atoms with van der Waals surface area (Å²) in [5, 5.41) is 2.75. The number of amides is 1. The number of para-hydroxylation sites is 1. The summed E-state index contributed by atoms with van der Waals surface area (Å²) in [6.07, 6.45) is 0. The van der Waals surface area contributed by atoms with Gasteiger partial charge in [0.2, 0.25) is 0 Å². The molecule has 0 aliphatic heterocycles. The fourth-order valence-electron chi connectivity index (χ4n) is 1.78. The van der Waals surface area contributed by atoms with E-state index in [0.717, 1.165) is 8.94 Å². The van der Waals surface area contributed by atoms with E-state index in [2.05, 4.69) is 21.2 Å². The van der Waals surface area contributed by atoms with Gasteiger partial charge in [0.05, 0.1) is 17.7 Å². The minimum atomic E-state index is -3.73. The van der Waals surface area contributed by atoms with Crippen molar-refractivity contribution in [3.63, 3.8) is 0 Å². The average Bonchev–Trinajstić information content (AvgIpc) is 2.56. The Hall–Kier alpha value is -1.74. The van der Waals surface area contributed by atoms with Crippen LogP contribution in [0.2, 0.25) is 0 Å². The number of nitrogens with zero attached hydrogens (tertiary/aromatic N) is 1. The summed E-state index contributed by atoms with van der Waals surface area (Å²) in [5.41, 5.74) is 0.980. The number of hydroxylamine groups is 1. The molecular formula is C15H15BrN2O4S. The molecule has 0 fully saturated rings. The number of rotatable bonds is 5. The van der Waals surface area contributed by atoms with E-state index in [4.69, 9.17) is 4.84 Å². The number of nitrogens with one attached hydrogen (secondary N) is 1. The molecule has 0 atom stereocenters. The lowest BCUT2D eigenvalue weighted by Gasteiger charge is -2.14. The SMILES string of the molecule is CON(C)S(=O)(=O)c1ccc(C(=O)Nc2ccccc2Br)cc1. The van der Waals surface area contributed by atoms with Gasteiger partial charge in [-0.2, -0.15) is 0 Å². The molecule has 0 saturated carbocycles. The van der Waals surface area contributed by atoms with Crippen LogP contribution in [-0.4, -0.2) is 33.0 Å². The van der Waals surface area contributed by atoms with E-state index >= 15 is 0 Å². The number of hydrogen-bond acceptors (Lipinski definition) is 4. The summed E-state index contributed by atoms with van der Waals surface area (Å²) in [6, 6.07) is 12.8. The standard InChI is InChI=1S/C15H15BrN2O4S/c1-18(22-2)23(20,21)12-9-7-11(8-10-12)15(19)17-14-6-4-3-5-13(14)16/h3-10H,1-2H3,(H,17,19). The van der Waals surface area contributed by atoms with Crippen LogP contribution >= 0.6 is 15.9 Å². The lowest BCUT2D eigenvalue weighted by atomic mass is 10.2. The first-order chi connectivity index (χ1) is 10.9. The maximum absolute atomic E-state index is 12.2. The first-order valence-electron chi connectivity index (χ1n) is 6.55. The van der Waals surface area contributed by atoms with Crippen LogP contribution in [0.4, 0.5) is 5.69 Å². The molecule has 0 heterocycles. The zero-order valence-corrected chi connectivity index (χ0v) is 14.9. The first kappa shape index (κ1) is 17.6. The van der Waals surface area contributed by atoms with Gasteiger partial charge in [0.25, 0.3) is 15.9 Å². The molecule has 1 amide bonds. The molecule has 0 aromatic heterocycles. The van der Waals surface area contributed by atoms with Gasteiger partial charge >= 0.3 is 0 Å². The van der Waals surface area contributed by atoms with Gasteiger partial charge < -0.3 is 5.32 Å². The Morgan fingerprint density at radius 3 is 2.30 bits per heavy atom. The molecule has 0 bridgehead atoms. The highest BCUT2D eigenvalue weighted by Crippen LogP contribution is 2.22. The Morgan fingerprint density at radius 1 is 1.13 bits per heavy atom. The van der Waals surface area contributed by atoms with Crippen molar-refractivity contribution in [2.24, 2.45) is 0 Å². The number of sulfonamides is 1. The van der Waals surface area contributed by atoms with Crippen molar-refractivity contribution in [2.75, 3.05) is 19.5 Å². The monoisotopic (exact) mass is 398 g/mol. The molecular weight excluding hydrogens is 384 g/mol. The van der Waals surface area contributed by atoms with Crippen molar-refractivity contribution in [1.29, 1.82) is 0 Å². The zero-order chi connectivity index (χ0) is 17.0. The lowest BCUT2D eigenvalue weighted by Crippen LogP contribution is -2.25. The molecule has 0 saturated heterocycles. The smallest absolute Gasteiger partial charge is 0.264 e. The minimum absolute atomic E-state index is 0.0410. The summed E-state index contributed by atoms with van der Waals surface area (Å²) in [5.74, 6) is -0.332. The molecule has 0 spiro atoms. The Kier molecular flexibility index (Phi) is 5.53. The summed E-state index contributed by atoms with van der Waals surface area (Å²) in [6.45, 7) is 0. The number of carbonyl (C=O) groups is 1. The first-order valence-corrected chi connectivity index (χ1v) is 8.78. The molecule has 8 heteroatoms. The summed E-state index contributed by atoms with van der Waals surface area (Å²) < 4.78 is 25.7. The molecule has 6 nitrogen and oxygen atoms in total. The van der Waals surface area contributed by atoms with Crippen LogP contribution in [0.3, 0.4) is 0 Å². The van der Waals surface area contributed by atoms with E-state index in [1.54, 1.807) is 12.1 Å². The largest absolute Gasteiger partial charge is 0.321 e. The molecule has 0 unspecified atom stereocenters. The number of anilines is 1. The normalized spacial score (nSPS) is 11.5. The van der Waals surface area contributed by atoms with Gasteiger partial charge in [0.1, 0.15) is 0 Å². The van der Waals surface area contributed by atoms with Gasteiger partial charge in [0.15, 0.2) is 0 Å². The van der Waals surface area contributed by atoms with Gasteiger partial charge in [-0.25, -0.2) is 8.42 Å². The number of halogens is 1. The van der Waals surface area contributed by atoms with Crippen LogP contribution in [0.25, 0.3) is 0 Å². The molecule has 23 heavy (non-hydrogen) atoms. The second-order valence-electron chi connectivity index (χ2n) is 4.56. The van der Waals surface area contributed by atoms with E-state index in [9.17, 15) is 13.2 Å². The molecule has 0 aliphatic carbocycles. The van der Waals surface area contributed by atoms with Crippen LogP contribution in [0.15, 0.2) is 57.9 Å². The predicted molar refractivity (Wildman–Crippen MR) is 90.5 cm³/mol. The maximum atomic E-state index is 12.2. The lowest BCUT2D eigenvalue weighted by molar-refractivity contribution is -0.0258. The third kappa shape index (κ3) is 3.97. The Bertz CT molecular complexity index is 806. The summed E-state index contributed by atoms with van der Waals surface area (Å²) >= 11 is 3.35. The topological polar surface area (TPSA) is 75.7 Å². The van der Waals surface area contributed by atoms with Crippen molar-refractivity contribution >= 4 is 37.5 Å². The summed E-state index contributed by atoms with van der Waals surface area (Å²) in [4.78, 5) is 16.9. The van der Waals surface area contributed by atoms with E-state index in [1.165, 1.54) is 38.4 Å². The number of carbonyl (C=O) groups excluding carboxylic acids is 1. The molecule has 0 radical (unpaired) electrons. The third-order valence-electron chi connectivity index (χ3n) is 3.13. The third-order valence-corrected chi connectivity index (χ3v) is 5.52. The fourth-order valence-corrected chi connectivity index (χ4v) is 3.14. The Labute approximate surface area is 143 Å². The van der Waals surface area contributed by atoms with Crippen LogP contribution in [-0.2, 0) is 14.9 Å². The molecule has 122 valence electrons. The predicted octanol–water partition coefficient (Wildman–Crippen LogP) is 2.88. The Balaban J connectivity index is 2.20. The van der Waals surface area contributed by atoms with Crippen molar-refractivity contribution in [1.82, 2.24) is 4.47 Å². The summed E-state index contributed by atoms with van der Waals surface area (Å²) in [7, 11) is -1.17. The van der Waals surface area contributed by atoms with Crippen molar-refractivity contribution in [2.45, 2.75) is 4.90 Å². The van der Waals surface area contributed by atoms with Gasteiger partial charge in [-0.1, -0.05) is 16.6 Å². The van der Waals surface area contributed by atoms with Gasteiger partial charge in [-0.15, -0.1) is 0 Å². The van der Waals surface area contributed by atoms with Crippen molar-refractivity contribution < 1.29 is 18.0 Å². The quantitative estimate of drug-likeness (QED) is 0.785. The zero-order valence-electron chi connectivity index (χ0n) is 12.5. The average molecular weight is 399 g/mol. The molecule has 2 aromatic carbocycles. The highest BCUT2D eigenvalue weighted by atomic mass is 79.9. The van der Waals surface area contributed by atoms with Crippen molar-refractivity contribution in [3.05, 3.63) is 58.6 Å². The highest BCUT2D eigenvalue weighted by Gasteiger charge is 2.21.